The Morgan fingerprint density at radius 3 is 2.67 bits per heavy atom. The van der Waals surface area contributed by atoms with Crippen molar-refractivity contribution in [3.05, 3.63) is 11.8 Å². The van der Waals surface area contributed by atoms with Gasteiger partial charge in [0.2, 0.25) is 0 Å². The number of piperidine rings is 1. The maximum Gasteiger partial charge on any atom is 0.318 e. The fraction of sp³-hybridized carbons (Fsp3) is 0.750. The van der Waals surface area contributed by atoms with E-state index in [4.69, 9.17) is 15.0 Å². The van der Waals surface area contributed by atoms with Gasteiger partial charge in [-0.15, -0.1) is 0 Å². The highest BCUT2D eigenvalue weighted by molar-refractivity contribution is 5.41. The van der Waals surface area contributed by atoms with Gasteiger partial charge in [0.05, 0.1) is 18.9 Å². The zero-order valence-corrected chi connectivity index (χ0v) is 14.1. The molecule has 2 aliphatic rings. The molecule has 0 amide bonds. The maximum atomic E-state index is 7.08. The van der Waals surface area contributed by atoms with Crippen LogP contribution in [0.2, 0.25) is 0 Å². The number of hydrogen-bond acceptors (Lipinski definition) is 8. The highest BCUT2D eigenvalue weighted by atomic mass is 16.5. The summed E-state index contributed by atoms with van der Waals surface area (Å²) < 4.78 is 11.2. The Hall–Kier alpha value is -1.80. The fourth-order valence-corrected chi connectivity index (χ4v) is 3.09. The van der Waals surface area contributed by atoms with Crippen molar-refractivity contribution in [1.29, 1.82) is 5.53 Å². The van der Waals surface area contributed by atoms with Crippen LogP contribution in [0.15, 0.2) is 11.2 Å². The molecule has 0 saturated carbocycles. The van der Waals surface area contributed by atoms with E-state index >= 15 is 0 Å². The average Bonchev–Trinajstić information content (AvgIpc) is 2.63. The Morgan fingerprint density at radius 2 is 1.92 bits per heavy atom. The van der Waals surface area contributed by atoms with Crippen molar-refractivity contribution in [2.75, 3.05) is 57.4 Å². The van der Waals surface area contributed by atoms with Crippen LogP contribution in [0.3, 0.4) is 0 Å². The van der Waals surface area contributed by atoms with Gasteiger partial charge in [0.25, 0.3) is 0 Å². The second-order valence-electron chi connectivity index (χ2n) is 6.17. The molecule has 0 aliphatic carbocycles. The van der Waals surface area contributed by atoms with E-state index in [-0.39, 0.29) is 6.54 Å². The minimum atomic E-state index is 0.252. The first-order chi connectivity index (χ1) is 11.8. The predicted molar refractivity (Wildman–Crippen MR) is 89.7 cm³/mol. The van der Waals surface area contributed by atoms with Crippen LogP contribution in [-0.4, -0.2) is 67.4 Å². The first-order valence-corrected chi connectivity index (χ1v) is 8.74. The van der Waals surface area contributed by atoms with E-state index in [0.717, 1.165) is 44.2 Å². The van der Waals surface area contributed by atoms with E-state index in [0.29, 0.717) is 25.8 Å². The molecule has 1 N–H and O–H groups in total. The van der Waals surface area contributed by atoms with Gasteiger partial charge < -0.3 is 14.4 Å². The van der Waals surface area contributed by atoms with E-state index in [1.165, 1.54) is 19.3 Å². The maximum absolute atomic E-state index is 7.08. The molecule has 3 rings (SSSR count). The number of anilines is 1. The Kier molecular flexibility index (Phi) is 6.31. The highest BCUT2D eigenvalue weighted by Crippen LogP contribution is 2.18. The highest BCUT2D eigenvalue weighted by Gasteiger charge is 2.16. The number of aromatic nitrogens is 2. The van der Waals surface area contributed by atoms with E-state index in [1.54, 1.807) is 0 Å². The first kappa shape index (κ1) is 17.0. The molecular formula is C16H26N6O2. The molecule has 8 heteroatoms. The molecule has 2 fully saturated rings. The smallest absolute Gasteiger partial charge is 0.318 e. The zero-order valence-electron chi connectivity index (χ0n) is 14.1. The van der Waals surface area contributed by atoms with Crippen molar-refractivity contribution in [2.45, 2.75) is 25.8 Å². The summed E-state index contributed by atoms with van der Waals surface area (Å²) >= 11 is 0. The van der Waals surface area contributed by atoms with E-state index in [1.807, 2.05) is 6.07 Å². The van der Waals surface area contributed by atoms with Crippen LogP contribution < -0.4 is 9.64 Å². The van der Waals surface area contributed by atoms with Crippen molar-refractivity contribution in [2.24, 2.45) is 5.11 Å². The standard InChI is InChI=1S/C16H26N6O2/c17-18-13-14-12-15(22-7-9-23-10-8-22)20-16(19-14)24-11-6-21-4-2-1-3-5-21/h12,17H,1-11,13H2. The van der Waals surface area contributed by atoms with Crippen molar-refractivity contribution in [1.82, 2.24) is 14.9 Å². The number of likely N-dealkylation sites (tertiary alicyclic amines) is 1. The van der Waals surface area contributed by atoms with Crippen LogP contribution in [0.4, 0.5) is 5.82 Å². The molecule has 2 aliphatic heterocycles. The Morgan fingerprint density at radius 1 is 1.12 bits per heavy atom. The number of ether oxygens (including phenoxy) is 2. The molecule has 132 valence electrons. The third kappa shape index (κ3) is 4.85. The van der Waals surface area contributed by atoms with Gasteiger partial charge in [0.1, 0.15) is 19.0 Å². The predicted octanol–water partition coefficient (Wildman–Crippen LogP) is 1.71. The van der Waals surface area contributed by atoms with Crippen molar-refractivity contribution >= 4 is 5.82 Å². The third-order valence-corrected chi connectivity index (χ3v) is 4.41. The molecular weight excluding hydrogens is 308 g/mol. The number of hydrogen-bond donors (Lipinski definition) is 1. The van der Waals surface area contributed by atoms with Crippen LogP contribution in [0, 0.1) is 5.53 Å². The van der Waals surface area contributed by atoms with Crippen LogP contribution in [-0.2, 0) is 11.3 Å². The molecule has 1 aromatic heterocycles. The van der Waals surface area contributed by atoms with E-state index < -0.39 is 0 Å². The minimum Gasteiger partial charge on any atom is -0.462 e. The topological polar surface area (TPSA) is 86.9 Å². The zero-order chi connectivity index (χ0) is 16.6. The molecule has 1 aromatic rings. The van der Waals surface area contributed by atoms with Gasteiger partial charge in [-0.25, -0.2) is 5.53 Å². The summed E-state index contributed by atoms with van der Waals surface area (Å²) in [6.45, 7) is 7.07. The van der Waals surface area contributed by atoms with Gasteiger partial charge in [-0.2, -0.15) is 15.1 Å². The third-order valence-electron chi connectivity index (χ3n) is 4.41. The number of nitrogens with one attached hydrogen (secondary N) is 1. The summed E-state index contributed by atoms with van der Waals surface area (Å²) in [5, 5.41) is 3.44. The largest absolute Gasteiger partial charge is 0.462 e. The lowest BCUT2D eigenvalue weighted by molar-refractivity contribution is 0.122. The quantitative estimate of drug-likeness (QED) is 0.764. The molecule has 0 radical (unpaired) electrons. The Labute approximate surface area is 142 Å². The van der Waals surface area contributed by atoms with Gasteiger partial charge in [-0.05, 0) is 25.9 Å². The summed E-state index contributed by atoms with van der Waals surface area (Å²) in [4.78, 5) is 13.5. The lowest BCUT2D eigenvalue weighted by atomic mass is 10.1. The molecule has 0 atom stereocenters. The summed E-state index contributed by atoms with van der Waals surface area (Å²) in [6, 6.07) is 2.27. The summed E-state index contributed by atoms with van der Waals surface area (Å²) in [7, 11) is 0. The Bertz CT molecular complexity index is 529. The number of morpholine rings is 1. The lowest BCUT2D eigenvalue weighted by Crippen LogP contribution is -2.37. The molecule has 0 spiro atoms. The van der Waals surface area contributed by atoms with Gasteiger partial charge >= 0.3 is 6.01 Å². The molecule has 0 unspecified atom stereocenters. The van der Waals surface area contributed by atoms with Crippen molar-refractivity contribution in [3.63, 3.8) is 0 Å². The number of rotatable bonds is 7. The molecule has 0 bridgehead atoms. The van der Waals surface area contributed by atoms with E-state index in [9.17, 15) is 0 Å². The van der Waals surface area contributed by atoms with Gasteiger partial charge in [0, 0.05) is 25.7 Å². The molecule has 0 aromatic carbocycles. The van der Waals surface area contributed by atoms with Gasteiger partial charge in [0.15, 0.2) is 0 Å². The number of nitrogens with zero attached hydrogens (tertiary/aromatic N) is 5. The Balaban J connectivity index is 1.61. The second-order valence-corrected chi connectivity index (χ2v) is 6.17. The van der Waals surface area contributed by atoms with Gasteiger partial charge in [-0.3, -0.25) is 4.90 Å². The van der Waals surface area contributed by atoms with E-state index in [2.05, 4.69) is 24.9 Å². The fourth-order valence-electron chi connectivity index (χ4n) is 3.09. The van der Waals surface area contributed by atoms with Crippen molar-refractivity contribution < 1.29 is 9.47 Å². The average molecular weight is 334 g/mol. The first-order valence-electron chi connectivity index (χ1n) is 8.74. The lowest BCUT2D eigenvalue weighted by Gasteiger charge is -2.28. The van der Waals surface area contributed by atoms with Crippen LogP contribution >= 0.6 is 0 Å². The molecule has 2 saturated heterocycles. The van der Waals surface area contributed by atoms with Gasteiger partial charge in [-0.1, -0.05) is 6.42 Å². The molecule has 24 heavy (non-hydrogen) atoms. The normalized spacial score (nSPS) is 19.2. The van der Waals surface area contributed by atoms with Crippen LogP contribution in [0.1, 0.15) is 25.0 Å². The van der Waals surface area contributed by atoms with Crippen molar-refractivity contribution in [3.8, 4) is 6.01 Å². The monoisotopic (exact) mass is 334 g/mol. The van der Waals surface area contributed by atoms with Crippen LogP contribution in [0.5, 0.6) is 6.01 Å². The second kappa shape index (κ2) is 8.89. The van der Waals surface area contributed by atoms with Crippen LogP contribution in [0.25, 0.3) is 0 Å². The summed E-state index contributed by atoms with van der Waals surface area (Å²) in [5.41, 5.74) is 7.80. The summed E-state index contributed by atoms with van der Waals surface area (Å²) in [5.74, 6) is 0.833. The summed E-state index contributed by atoms with van der Waals surface area (Å²) in [6.07, 6.45) is 3.89. The molecule has 8 nitrogen and oxygen atoms in total. The minimum absolute atomic E-state index is 0.252. The SMILES string of the molecule is N=NCc1cc(N2CCOCC2)nc(OCCN2CCCCC2)n1. The molecule has 3 heterocycles.